The second kappa shape index (κ2) is 4.96. The highest BCUT2D eigenvalue weighted by atomic mass is 16.2. The molecule has 4 amide bonds. The molecule has 1 spiro atoms. The maximum Gasteiger partial charge on any atom is 0.322 e. The van der Waals surface area contributed by atoms with Crippen molar-refractivity contribution in [1.29, 1.82) is 0 Å². The number of nitrogens with one attached hydrogen (secondary N) is 2. The SMILES string of the molecule is O=C1NC(=O)[C@]2(CCN(C(=O)[C@@H]3C[C@H]3C3CCCCC3)C2)N1. The zero-order valence-corrected chi connectivity index (χ0v) is 12.8. The van der Waals surface area contributed by atoms with Gasteiger partial charge in [-0.15, -0.1) is 0 Å². The van der Waals surface area contributed by atoms with Gasteiger partial charge in [0.1, 0.15) is 5.54 Å². The molecule has 2 aliphatic carbocycles. The minimum absolute atomic E-state index is 0.165. The smallest absolute Gasteiger partial charge is 0.322 e. The van der Waals surface area contributed by atoms with Crippen LogP contribution >= 0.6 is 0 Å². The Bertz CT molecular complexity index is 529. The van der Waals surface area contributed by atoms with Crippen LogP contribution in [0.1, 0.15) is 44.9 Å². The molecule has 2 N–H and O–H groups in total. The highest BCUT2D eigenvalue weighted by Gasteiger charge is 2.55. The third kappa shape index (κ3) is 2.20. The summed E-state index contributed by atoms with van der Waals surface area (Å²) in [6, 6.07) is -0.439. The van der Waals surface area contributed by atoms with Crippen molar-refractivity contribution in [1.82, 2.24) is 15.5 Å². The van der Waals surface area contributed by atoms with Crippen LogP contribution < -0.4 is 10.6 Å². The number of urea groups is 1. The lowest BCUT2D eigenvalue weighted by Crippen LogP contribution is -2.49. The Hall–Kier alpha value is -1.59. The molecule has 2 saturated heterocycles. The summed E-state index contributed by atoms with van der Waals surface area (Å²) in [4.78, 5) is 37.8. The van der Waals surface area contributed by atoms with Crippen LogP contribution in [0.25, 0.3) is 0 Å². The zero-order valence-electron chi connectivity index (χ0n) is 12.8. The van der Waals surface area contributed by atoms with E-state index in [0.29, 0.717) is 25.4 Å². The Balaban J connectivity index is 1.37. The van der Waals surface area contributed by atoms with E-state index in [1.165, 1.54) is 32.1 Å². The van der Waals surface area contributed by atoms with Crippen LogP contribution in [0.4, 0.5) is 4.79 Å². The summed E-state index contributed by atoms with van der Waals surface area (Å²) in [5, 5.41) is 4.99. The van der Waals surface area contributed by atoms with E-state index < -0.39 is 11.6 Å². The van der Waals surface area contributed by atoms with Gasteiger partial charge < -0.3 is 10.2 Å². The molecule has 0 radical (unpaired) electrons. The molecular weight excluding hydrogens is 282 g/mol. The largest absolute Gasteiger partial charge is 0.339 e. The molecule has 120 valence electrons. The number of nitrogens with zero attached hydrogens (tertiary/aromatic N) is 1. The highest BCUT2D eigenvalue weighted by molar-refractivity contribution is 6.07. The van der Waals surface area contributed by atoms with Gasteiger partial charge in [0.15, 0.2) is 0 Å². The van der Waals surface area contributed by atoms with Crippen molar-refractivity contribution in [2.75, 3.05) is 13.1 Å². The zero-order chi connectivity index (χ0) is 15.3. The summed E-state index contributed by atoms with van der Waals surface area (Å²) in [6.07, 6.45) is 8.05. The summed E-state index contributed by atoms with van der Waals surface area (Å²) in [7, 11) is 0. The first-order valence-electron chi connectivity index (χ1n) is 8.51. The van der Waals surface area contributed by atoms with Crippen LogP contribution in [0, 0.1) is 17.8 Å². The van der Waals surface area contributed by atoms with Gasteiger partial charge in [0.2, 0.25) is 5.91 Å². The predicted octanol–water partition coefficient (Wildman–Crippen LogP) is 1.01. The predicted molar refractivity (Wildman–Crippen MR) is 78.8 cm³/mol. The average molecular weight is 305 g/mol. The Kier molecular flexibility index (Phi) is 3.16. The van der Waals surface area contributed by atoms with E-state index in [2.05, 4.69) is 10.6 Å². The van der Waals surface area contributed by atoms with Crippen molar-refractivity contribution in [2.24, 2.45) is 17.8 Å². The van der Waals surface area contributed by atoms with Gasteiger partial charge in [-0.25, -0.2) is 4.79 Å². The van der Waals surface area contributed by atoms with Gasteiger partial charge in [0.25, 0.3) is 5.91 Å². The first kappa shape index (κ1) is 14.0. The standard InChI is InChI=1S/C16H23N3O3/c20-13(12-8-11(12)10-4-2-1-3-5-10)19-7-6-16(9-19)14(21)17-15(22)18-16/h10-12H,1-9H2,(H2,17,18,21,22)/t11-,12+,16+/m0/s1. The van der Waals surface area contributed by atoms with Gasteiger partial charge in [0.05, 0.1) is 6.54 Å². The second-order valence-electron chi connectivity index (χ2n) is 7.40. The molecule has 4 fully saturated rings. The van der Waals surface area contributed by atoms with Gasteiger partial charge in [-0.2, -0.15) is 0 Å². The molecule has 0 aromatic rings. The van der Waals surface area contributed by atoms with Crippen molar-refractivity contribution in [3.8, 4) is 0 Å². The molecule has 0 aromatic heterocycles. The number of rotatable bonds is 2. The molecule has 0 unspecified atom stereocenters. The Morgan fingerprint density at radius 2 is 1.95 bits per heavy atom. The van der Waals surface area contributed by atoms with Gasteiger partial charge in [0, 0.05) is 12.5 Å². The summed E-state index contributed by atoms with van der Waals surface area (Å²) in [5.41, 5.74) is -0.873. The number of imide groups is 1. The van der Waals surface area contributed by atoms with E-state index in [9.17, 15) is 14.4 Å². The lowest BCUT2D eigenvalue weighted by molar-refractivity contribution is -0.132. The normalized spacial score (nSPS) is 38.3. The van der Waals surface area contributed by atoms with Crippen LogP contribution in [0.3, 0.4) is 0 Å². The van der Waals surface area contributed by atoms with Crippen molar-refractivity contribution in [2.45, 2.75) is 50.5 Å². The average Bonchev–Trinajstić information content (AvgIpc) is 3.13. The van der Waals surface area contributed by atoms with E-state index in [4.69, 9.17) is 0 Å². The molecule has 22 heavy (non-hydrogen) atoms. The van der Waals surface area contributed by atoms with E-state index in [1.54, 1.807) is 4.90 Å². The second-order valence-corrected chi connectivity index (χ2v) is 7.40. The molecule has 4 rings (SSSR count). The minimum atomic E-state index is -0.873. The Labute approximate surface area is 130 Å². The summed E-state index contributed by atoms with van der Waals surface area (Å²) < 4.78 is 0. The molecule has 3 atom stereocenters. The topological polar surface area (TPSA) is 78.5 Å². The number of carbonyl (C=O) groups excluding carboxylic acids is 3. The summed E-state index contributed by atoms with van der Waals surface area (Å²) >= 11 is 0. The first-order chi connectivity index (χ1) is 10.6. The number of hydrogen-bond donors (Lipinski definition) is 2. The molecule has 4 aliphatic rings. The molecule has 6 heteroatoms. The molecule has 2 saturated carbocycles. The van der Waals surface area contributed by atoms with Crippen LogP contribution in [-0.4, -0.2) is 41.4 Å². The summed E-state index contributed by atoms with van der Waals surface area (Å²) in [6.45, 7) is 0.901. The monoisotopic (exact) mass is 305 g/mol. The third-order valence-electron chi connectivity index (χ3n) is 6.01. The Morgan fingerprint density at radius 1 is 1.18 bits per heavy atom. The first-order valence-corrected chi connectivity index (χ1v) is 8.51. The highest BCUT2D eigenvalue weighted by Crippen LogP contribution is 2.50. The minimum Gasteiger partial charge on any atom is -0.339 e. The molecule has 2 aliphatic heterocycles. The van der Waals surface area contributed by atoms with Gasteiger partial charge >= 0.3 is 6.03 Å². The summed E-state index contributed by atoms with van der Waals surface area (Å²) in [5.74, 6) is 1.37. The van der Waals surface area contributed by atoms with Crippen LogP contribution in [-0.2, 0) is 9.59 Å². The van der Waals surface area contributed by atoms with E-state index in [-0.39, 0.29) is 17.7 Å². The molecule has 2 heterocycles. The maximum atomic E-state index is 12.7. The fourth-order valence-electron chi connectivity index (χ4n) is 4.63. The van der Waals surface area contributed by atoms with Crippen LogP contribution in [0.5, 0.6) is 0 Å². The van der Waals surface area contributed by atoms with Gasteiger partial charge in [-0.1, -0.05) is 32.1 Å². The van der Waals surface area contributed by atoms with Crippen molar-refractivity contribution < 1.29 is 14.4 Å². The van der Waals surface area contributed by atoms with E-state index in [1.807, 2.05) is 0 Å². The Morgan fingerprint density at radius 3 is 2.64 bits per heavy atom. The maximum absolute atomic E-state index is 12.7. The quantitative estimate of drug-likeness (QED) is 0.748. The van der Waals surface area contributed by atoms with E-state index in [0.717, 1.165) is 12.3 Å². The molecule has 0 bridgehead atoms. The third-order valence-corrected chi connectivity index (χ3v) is 6.01. The fraction of sp³-hybridized carbons (Fsp3) is 0.812. The van der Waals surface area contributed by atoms with Gasteiger partial charge in [-0.05, 0) is 24.7 Å². The van der Waals surface area contributed by atoms with Crippen LogP contribution in [0.2, 0.25) is 0 Å². The van der Waals surface area contributed by atoms with Crippen molar-refractivity contribution in [3.05, 3.63) is 0 Å². The molecule has 6 nitrogen and oxygen atoms in total. The van der Waals surface area contributed by atoms with Crippen molar-refractivity contribution in [3.63, 3.8) is 0 Å². The number of hydrogen-bond acceptors (Lipinski definition) is 3. The fourth-order valence-corrected chi connectivity index (χ4v) is 4.63. The number of amides is 4. The lowest BCUT2D eigenvalue weighted by Gasteiger charge is -2.23. The number of likely N-dealkylation sites (tertiary alicyclic amines) is 1. The molecular formula is C16H23N3O3. The molecule has 0 aromatic carbocycles. The van der Waals surface area contributed by atoms with Crippen molar-refractivity contribution >= 4 is 17.8 Å². The van der Waals surface area contributed by atoms with Crippen LogP contribution in [0.15, 0.2) is 0 Å². The number of carbonyl (C=O) groups is 3. The van der Waals surface area contributed by atoms with Gasteiger partial charge in [-0.3, -0.25) is 14.9 Å². The lowest BCUT2D eigenvalue weighted by atomic mass is 9.85. The van der Waals surface area contributed by atoms with E-state index >= 15 is 0 Å².